The Morgan fingerprint density at radius 3 is 2.72 bits per heavy atom. The van der Waals surface area contributed by atoms with Gasteiger partial charge in [-0.05, 0) is 40.2 Å². The maximum atomic E-state index is 12.8. The highest BCUT2D eigenvalue weighted by Crippen LogP contribution is 2.32. The maximum absolute atomic E-state index is 12.8. The van der Waals surface area contributed by atoms with Crippen LogP contribution in [0.15, 0.2) is 39.8 Å². The van der Waals surface area contributed by atoms with E-state index in [1.807, 2.05) is 4.90 Å². The second kappa shape index (κ2) is 7.36. The monoisotopic (exact) mass is 446 g/mol. The van der Waals surface area contributed by atoms with E-state index in [1.165, 1.54) is 12.3 Å². The van der Waals surface area contributed by atoms with Crippen molar-refractivity contribution < 1.29 is 13.2 Å². The Morgan fingerprint density at radius 2 is 2.00 bits per heavy atom. The van der Waals surface area contributed by atoms with Crippen LogP contribution in [0.5, 0.6) is 0 Å². The van der Waals surface area contributed by atoms with Gasteiger partial charge in [0.25, 0.3) is 10.0 Å². The molecule has 1 saturated heterocycles. The summed E-state index contributed by atoms with van der Waals surface area (Å²) in [7, 11) is -3.93. The molecule has 10 heteroatoms. The second-order valence-electron chi connectivity index (χ2n) is 5.40. The van der Waals surface area contributed by atoms with Crippen LogP contribution in [0.25, 0.3) is 0 Å². The van der Waals surface area contributed by atoms with Crippen LogP contribution >= 0.6 is 27.5 Å². The Hall–Kier alpha value is -1.55. The zero-order valence-electron chi connectivity index (χ0n) is 13.1. The lowest BCUT2D eigenvalue weighted by Gasteiger charge is -2.30. The van der Waals surface area contributed by atoms with E-state index >= 15 is 0 Å². The summed E-state index contributed by atoms with van der Waals surface area (Å²) in [6.07, 6.45) is 1.44. The van der Waals surface area contributed by atoms with E-state index in [0.29, 0.717) is 41.5 Å². The molecular weight excluding hydrogens is 432 g/mol. The molecule has 2 heterocycles. The standard InChI is InChI=1S/C15H16BrClN4O3S/c16-10-7-14(15(18)19-9-10)25(22,23)20-12-8-11(17)1-2-13(12)21-3-5-24-6-4-21/h1-2,7-9,20H,3-6H2,(H2,18,19). The van der Waals surface area contributed by atoms with Gasteiger partial charge in [0.05, 0.1) is 24.6 Å². The minimum Gasteiger partial charge on any atom is -0.383 e. The third kappa shape index (κ3) is 4.17. The minimum atomic E-state index is -3.93. The Balaban J connectivity index is 1.99. The first-order valence-electron chi connectivity index (χ1n) is 7.43. The van der Waals surface area contributed by atoms with E-state index < -0.39 is 10.0 Å². The number of pyridine rings is 1. The molecule has 0 atom stereocenters. The summed E-state index contributed by atoms with van der Waals surface area (Å²) >= 11 is 9.27. The Kier molecular flexibility index (Phi) is 5.38. The van der Waals surface area contributed by atoms with Gasteiger partial charge in [-0.1, -0.05) is 11.6 Å². The van der Waals surface area contributed by atoms with Crippen LogP contribution in [0.1, 0.15) is 0 Å². The van der Waals surface area contributed by atoms with Gasteiger partial charge in [-0.3, -0.25) is 4.72 Å². The molecule has 1 aromatic heterocycles. The van der Waals surface area contributed by atoms with Gasteiger partial charge in [-0.15, -0.1) is 0 Å². The second-order valence-corrected chi connectivity index (χ2v) is 8.41. The highest BCUT2D eigenvalue weighted by atomic mass is 79.9. The lowest BCUT2D eigenvalue weighted by molar-refractivity contribution is 0.123. The van der Waals surface area contributed by atoms with Crippen LogP contribution in [-0.4, -0.2) is 39.7 Å². The molecule has 0 unspecified atom stereocenters. The van der Waals surface area contributed by atoms with Gasteiger partial charge < -0.3 is 15.4 Å². The number of nitrogens with two attached hydrogens (primary N) is 1. The molecule has 25 heavy (non-hydrogen) atoms. The van der Waals surface area contributed by atoms with Gasteiger partial charge >= 0.3 is 0 Å². The fourth-order valence-electron chi connectivity index (χ4n) is 2.52. The maximum Gasteiger partial charge on any atom is 0.265 e. The van der Waals surface area contributed by atoms with Gasteiger partial charge in [0, 0.05) is 28.8 Å². The molecule has 134 valence electrons. The van der Waals surface area contributed by atoms with Crippen molar-refractivity contribution in [2.24, 2.45) is 0 Å². The Labute approximate surface area is 159 Å². The van der Waals surface area contributed by atoms with Gasteiger partial charge in [-0.25, -0.2) is 13.4 Å². The lowest BCUT2D eigenvalue weighted by atomic mass is 10.2. The predicted molar refractivity (Wildman–Crippen MR) is 102 cm³/mol. The third-order valence-corrected chi connectivity index (χ3v) is 5.76. The first-order valence-corrected chi connectivity index (χ1v) is 10.1. The highest BCUT2D eigenvalue weighted by molar-refractivity contribution is 9.10. The van der Waals surface area contributed by atoms with Gasteiger partial charge in [0.1, 0.15) is 10.7 Å². The van der Waals surface area contributed by atoms with Crippen molar-refractivity contribution in [3.63, 3.8) is 0 Å². The lowest BCUT2D eigenvalue weighted by Crippen LogP contribution is -2.36. The third-order valence-electron chi connectivity index (χ3n) is 3.69. The van der Waals surface area contributed by atoms with Crippen LogP contribution in [-0.2, 0) is 14.8 Å². The van der Waals surface area contributed by atoms with Crippen LogP contribution in [0.2, 0.25) is 5.02 Å². The molecule has 3 N–H and O–H groups in total. The summed E-state index contributed by atoms with van der Waals surface area (Å²) < 4.78 is 34.0. The van der Waals surface area contributed by atoms with Crippen LogP contribution < -0.4 is 15.4 Å². The summed E-state index contributed by atoms with van der Waals surface area (Å²) in [6.45, 7) is 2.49. The van der Waals surface area contributed by atoms with Crippen molar-refractivity contribution in [1.29, 1.82) is 0 Å². The van der Waals surface area contributed by atoms with Crippen molar-refractivity contribution >= 4 is 54.7 Å². The molecule has 0 bridgehead atoms. The molecule has 0 saturated carbocycles. The molecule has 0 aliphatic carbocycles. The molecule has 0 radical (unpaired) electrons. The number of nitrogens with one attached hydrogen (secondary N) is 1. The molecule has 7 nitrogen and oxygen atoms in total. The zero-order chi connectivity index (χ0) is 18.0. The zero-order valence-corrected chi connectivity index (χ0v) is 16.2. The fraction of sp³-hybridized carbons (Fsp3) is 0.267. The molecule has 0 spiro atoms. The summed E-state index contributed by atoms with van der Waals surface area (Å²) in [6, 6.07) is 6.49. The first-order chi connectivity index (χ1) is 11.9. The summed E-state index contributed by atoms with van der Waals surface area (Å²) in [4.78, 5) is 5.81. The number of nitrogen functional groups attached to an aromatic ring is 1. The van der Waals surface area contributed by atoms with E-state index in [0.717, 1.165) is 5.69 Å². The number of rotatable bonds is 4. The van der Waals surface area contributed by atoms with E-state index in [-0.39, 0.29) is 10.7 Å². The number of sulfonamides is 1. The number of halogens is 2. The van der Waals surface area contributed by atoms with E-state index in [1.54, 1.807) is 18.2 Å². The molecule has 1 aliphatic heterocycles. The number of aromatic nitrogens is 1. The number of morpholine rings is 1. The smallest absolute Gasteiger partial charge is 0.265 e. The van der Waals surface area contributed by atoms with Gasteiger partial charge in [-0.2, -0.15) is 0 Å². The number of nitrogens with zero attached hydrogens (tertiary/aromatic N) is 2. The molecule has 2 aromatic rings. The predicted octanol–water partition coefficient (Wildman–Crippen LogP) is 2.72. The number of anilines is 3. The van der Waals surface area contributed by atoms with Crippen molar-refractivity contribution in [3.8, 4) is 0 Å². The largest absolute Gasteiger partial charge is 0.383 e. The SMILES string of the molecule is Nc1ncc(Br)cc1S(=O)(=O)Nc1cc(Cl)ccc1N1CCOCC1. The summed E-state index contributed by atoms with van der Waals surface area (Å²) in [5, 5.41) is 0.426. The summed E-state index contributed by atoms with van der Waals surface area (Å²) in [5.74, 6) is -0.0781. The average Bonchev–Trinajstić information content (AvgIpc) is 2.57. The number of benzene rings is 1. The number of hydrogen-bond donors (Lipinski definition) is 2. The van der Waals surface area contributed by atoms with Crippen molar-refractivity contribution in [3.05, 3.63) is 40.0 Å². The van der Waals surface area contributed by atoms with Crippen LogP contribution in [0.4, 0.5) is 17.2 Å². The molecule has 1 aliphatic rings. The first kappa shape index (κ1) is 18.2. The molecule has 1 fully saturated rings. The van der Waals surface area contributed by atoms with E-state index in [2.05, 4.69) is 25.6 Å². The molecule has 1 aromatic carbocycles. The van der Waals surface area contributed by atoms with E-state index in [4.69, 9.17) is 22.1 Å². The molecule has 3 rings (SSSR count). The van der Waals surface area contributed by atoms with Crippen molar-refractivity contribution in [2.75, 3.05) is 41.7 Å². The molecular formula is C15H16BrClN4O3S. The number of ether oxygens (including phenoxy) is 1. The van der Waals surface area contributed by atoms with Crippen molar-refractivity contribution in [1.82, 2.24) is 4.98 Å². The van der Waals surface area contributed by atoms with E-state index in [9.17, 15) is 8.42 Å². The summed E-state index contributed by atoms with van der Waals surface area (Å²) in [5.41, 5.74) is 6.85. The average molecular weight is 448 g/mol. The topological polar surface area (TPSA) is 97.5 Å². The quantitative estimate of drug-likeness (QED) is 0.748. The van der Waals surface area contributed by atoms with Crippen molar-refractivity contribution in [2.45, 2.75) is 4.90 Å². The molecule has 0 amide bonds. The fourth-order valence-corrected chi connectivity index (χ4v) is 4.34. The highest BCUT2D eigenvalue weighted by Gasteiger charge is 2.23. The van der Waals surface area contributed by atoms with Gasteiger partial charge in [0.15, 0.2) is 0 Å². The van der Waals surface area contributed by atoms with Crippen LogP contribution in [0, 0.1) is 0 Å². The Morgan fingerprint density at radius 1 is 1.28 bits per heavy atom. The van der Waals surface area contributed by atoms with Crippen LogP contribution in [0.3, 0.4) is 0 Å². The minimum absolute atomic E-state index is 0.0781. The Bertz CT molecular complexity index is 888. The normalized spacial score (nSPS) is 15.2. The van der Waals surface area contributed by atoms with Gasteiger partial charge in [0.2, 0.25) is 0 Å². The number of hydrogen-bond acceptors (Lipinski definition) is 6.